The summed E-state index contributed by atoms with van der Waals surface area (Å²) in [6.07, 6.45) is 10.9. The van der Waals surface area contributed by atoms with Crippen molar-refractivity contribution >= 4 is 5.97 Å². The molecule has 0 aromatic heterocycles. The first-order valence-electron chi connectivity index (χ1n) is 11.5. The van der Waals surface area contributed by atoms with E-state index in [-0.39, 0.29) is 5.97 Å². The van der Waals surface area contributed by atoms with Gasteiger partial charge in [-0.05, 0) is 97.7 Å². The fraction of sp³-hybridized carbons (Fsp3) is 0.481. The predicted molar refractivity (Wildman–Crippen MR) is 118 cm³/mol. The fourth-order valence-corrected chi connectivity index (χ4v) is 5.61. The molecule has 0 spiro atoms. The Kier molecular flexibility index (Phi) is 6.53. The highest BCUT2D eigenvalue weighted by atomic mass is 16.5. The summed E-state index contributed by atoms with van der Waals surface area (Å²) in [5.74, 6) is 3.52. The third-order valence-electron chi connectivity index (χ3n) is 7.23. The van der Waals surface area contributed by atoms with E-state index in [1.807, 2.05) is 12.1 Å². The summed E-state index contributed by atoms with van der Waals surface area (Å²) in [6, 6.07) is 16.7. The van der Waals surface area contributed by atoms with E-state index < -0.39 is 0 Å². The third-order valence-corrected chi connectivity index (χ3v) is 7.23. The first-order chi connectivity index (χ1) is 14.7. The fourth-order valence-electron chi connectivity index (χ4n) is 5.61. The number of carbonyl (C=O) groups is 1. The Hall–Kier alpha value is -2.60. The van der Waals surface area contributed by atoms with E-state index in [1.54, 1.807) is 24.3 Å². The molecule has 2 aliphatic carbocycles. The zero-order chi connectivity index (χ0) is 20.9. The molecule has 0 bridgehead atoms. The molecular weight excluding hydrogens is 370 g/mol. The maximum Gasteiger partial charge on any atom is 0.343 e. The summed E-state index contributed by atoms with van der Waals surface area (Å²) in [6.45, 7) is 2.31. The molecule has 2 aromatic carbocycles. The lowest BCUT2D eigenvalue weighted by molar-refractivity contribution is 0.0734. The van der Waals surface area contributed by atoms with Gasteiger partial charge in [-0.2, -0.15) is 5.26 Å². The van der Waals surface area contributed by atoms with Crippen LogP contribution in [0, 0.1) is 29.1 Å². The molecule has 156 valence electrons. The molecule has 4 atom stereocenters. The van der Waals surface area contributed by atoms with Crippen LogP contribution >= 0.6 is 0 Å². The van der Waals surface area contributed by atoms with Gasteiger partial charge >= 0.3 is 5.97 Å². The summed E-state index contributed by atoms with van der Waals surface area (Å²) in [7, 11) is 0. The molecule has 4 rings (SSSR count). The molecule has 3 nitrogen and oxygen atoms in total. The van der Waals surface area contributed by atoms with Gasteiger partial charge in [0.05, 0.1) is 17.2 Å². The monoisotopic (exact) mass is 401 g/mol. The Balaban J connectivity index is 1.34. The molecule has 0 heterocycles. The summed E-state index contributed by atoms with van der Waals surface area (Å²) in [5, 5.41) is 8.86. The lowest BCUT2D eigenvalue weighted by Gasteiger charge is -2.42. The van der Waals surface area contributed by atoms with E-state index in [0.29, 0.717) is 22.8 Å². The second-order valence-electron chi connectivity index (χ2n) is 9.15. The maximum absolute atomic E-state index is 12.4. The van der Waals surface area contributed by atoms with Gasteiger partial charge in [-0.1, -0.05) is 38.3 Å². The number of nitrogens with zero attached hydrogens (tertiary/aromatic N) is 1. The van der Waals surface area contributed by atoms with Crippen LogP contribution in [0.15, 0.2) is 48.5 Å². The van der Waals surface area contributed by atoms with Crippen molar-refractivity contribution in [3.05, 3.63) is 65.2 Å². The number of ether oxygens (including phenoxy) is 1. The lowest BCUT2D eigenvalue weighted by atomic mass is 9.63. The molecular formula is C27H31NO2. The number of esters is 1. The summed E-state index contributed by atoms with van der Waals surface area (Å²) >= 11 is 0. The van der Waals surface area contributed by atoms with Gasteiger partial charge in [-0.25, -0.2) is 4.79 Å². The third kappa shape index (κ3) is 4.75. The molecule has 30 heavy (non-hydrogen) atoms. The Morgan fingerprint density at radius 2 is 1.67 bits per heavy atom. The Bertz CT molecular complexity index is 894. The van der Waals surface area contributed by atoms with E-state index in [2.05, 4.69) is 25.1 Å². The first-order valence-corrected chi connectivity index (χ1v) is 11.5. The molecule has 0 radical (unpaired) electrons. The number of carbonyl (C=O) groups excluding carboxylic acids is 1. The van der Waals surface area contributed by atoms with Crippen molar-refractivity contribution in [3.8, 4) is 11.8 Å². The van der Waals surface area contributed by atoms with Gasteiger partial charge < -0.3 is 4.74 Å². The van der Waals surface area contributed by atoms with Crippen LogP contribution in [0.2, 0.25) is 0 Å². The van der Waals surface area contributed by atoms with E-state index >= 15 is 0 Å². The largest absolute Gasteiger partial charge is 0.423 e. The zero-order valence-corrected chi connectivity index (χ0v) is 17.8. The summed E-state index contributed by atoms with van der Waals surface area (Å²) in [4.78, 5) is 12.4. The average Bonchev–Trinajstić information content (AvgIpc) is 2.79. The highest BCUT2D eigenvalue weighted by molar-refractivity contribution is 5.91. The topological polar surface area (TPSA) is 50.1 Å². The van der Waals surface area contributed by atoms with Crippen LogP contribution in [0.5, 0.6) is 5.75 Å². The van der Waals surface area contributed by atoms with E-state index in [9.17, 15) is 4.79 Å². The SMILES string of the molecule is CCC[C@H]1CC[C@@H]2CC(c3ccc(C(=O)Oc4ccc(C#N)cc4)cc3)CC[C@H]2C1. The van der Waals surface area contributed by atoms with Crippen molar-refractivity contribution < 1.29 is 9.53 Å². The van der Waals surface area contributed by atoms with Gasteiger partial charge in [-0.3, -0.25) is 0 Å². The molecule has 2 aliphatic rings. The van der Waals surface area contributed by atoms with Crippen LogP contribution in [-0.2, 0) is 0 Å². The first kappa shape index (κ1) is 20.7. The normalized spacial score (nSPS) is 25.7. The minimum atomic E-state index is -0.357. The van der Waals surface area contributed by atoms with Crippen LogP contribution in [0.1, 0.15) is 85.7 Å². The van der Waals surface area contributed by atoms with E-state index in [0.717, 1.165) is 17.8 Å². The van der Waals surface area contributed by atoms with Crippen molar-refractivity contribution in [2.75, 3.05) is 0 Å². The van der Waals surface area contributed by atoms with Crippen molar-refractivity contribution in [1.29, 1.82) is 5.26 Å². The number of hydrogen-bond donors (Lipinski definition) is 0. The molecule has 0 aliphatic heterocycles. The Morgan fingerprint density at radius 1 is 0.967 bits per heavy atom. The molecule has 0 N–H and O–H groups in total. The Morgan fingerprint density at radius 3 is 2.37 bits per heavy atom. The van der Waals surface area contributed by atoms with Gasteiger partial charge in [0.25, 0.3) is 0 Å². The van der Waals surface area contributed by atoms with E-state index in [4.69, 9.17) is 10.00 Å². The van der Waals surface area contributed by atoms with Crippen LogP contribution in [0.25, 0.3) is 0 Å². The second kappa shape index (κ2) is 9.47. The standard InChI is InChI=1S/C27H31NO2/c1-2-3-19-4-7-25-17-24(13-12-23(25)16-19)21-8-10-22(11-9-21)27(29)30-26-14-5-20(18-28)6-15-26/h5-6,8-11,14-15,19,23-25H,2-4,7,12-13,16-17H2,1H3/t19-,23-,24?,25+/m0/s1. The molecule has 3 heteroatoms. The minimum absolute atomic E-state index is 0.357. The molecule has 1 unspecified atom stereocenters. The number of rotatable bonds is 5. The van der Waals surface area contributed by atoms with Gasteiger partial charge in [0.1, 0.15) is 5.75 Å². The number of benzene rings is 2. The van der Waals surface area contributed by atoms with Crippen LogP contribution in [0.4, 0.5) is 0 Å². The van der Waals surface area contributed by atoms with Crippen molar-refractivity contribution in [2.24, 2.45) is 17.8 Å². The second-order valence-corrected chi connectivity index (χ2v) is 9.15. The van der Waals surface area contributed by atoms with Gasteiger partial charge in [0.15, 0.2) is 0 Å². The smallest absolute Gasteiger partial charge is 0.343 e. The highest BCUT2D eigenvalue weighted by Gasteiger charge is 2.35. The summed E-state index contributed by atoms with van der Waals surface area (Å²) in [5.41, 5.74) is 2.48. The molecule has 2 aromatic rings. The van der Waals surface area contributed by atoms with Crippen molar-refractivity contribution in [3.63, 3.8) is 0 Å². The molecule has 0 amide bonds. The quantitative estimate of drug-likeness (QED) is 0.405. The van der Waals surface area contributed by atoms with Crippen molar-refractivity contribution in [2.45, 2.75) is 64.2 Å². The Labute approximate surface area is 180 Å². The van der Waals surface area contributed by atoms with Gasteiger partial charge in [0.2, 0.25) is 0 Å². The zero-order valence-electron chi connectivity index (χ0n) is 17.8. The average molecular weight is 402 g/mol. The van der Waals surface area contributed by atoms with E-state index in [1.165, 1.54) is 56.9 Å². The predicted octanol–water partition coefficient (Wildman–Crippen LogP) is 6.88. The molecule has 2 fully saturated rings. The van der Waals surface area contributed by atoms with Gasteiger partial charge in [-0.15, -0.1) is 0 Å². The van der Waals surface area contributed by atoms with Crippen LogP contribution < -0.4 is 4.74 Å². The minimum Gasteiger partial charge on any atom is -0.423 e. The van der Waals surface area contributed by atoms with Gasteiger partial charge in [0, 0.05) is 0 Å². The van der Waals surface area contributed by atoms with Crippen LogP contribution in [-0.4, -0.2) is 5.97 Å². The number of nitriles is 1. The maximum atomic E-state index is 12.4. The lowest BCUT2D eigenvalue weighted by Crippen LogP contribution is -2.30. The molecule has 0 saturated heterocycles. The number of fused-ring (bicyclic) bond motifs is 1. The van der Waals surface area contributed by atoms with Crippen molar-refractivity contribution in [1.82, 2.24) is 0 Å². The number of hydrogen-bond acceptors (Lipinski definition) is 3. The summed E-state index contributed by atoms with van der Waals surface area (Å²) < 4.78 is 5.44. The van der Waals surface area contributed by atoms with Crippen LogP contribution in [0.3, 0.4) is 0 Å². The molecule has 2 saturated carbocycles. The highest BCUT2D eigenvalue weighted by Crippen LogP contribution is 2.48.